The van der Waals surface area contributed by atoms with Crippen molar-refractivity contribution in [2.45, 2.75) is 45.4 Å². The molecule has 0 spiro atoms. The van der Waals surface area contributed by atoms with Gasteiger partial charge in [0.05, 0.1) is 0 Å². The van der Waals surface area contributed by atoms with Crippen LogP contribution in [0.25, 0.3) is 0 Å². The highest BCUT2D eigenvalue weighted by molar-refractivity contribution is 4.71. The first-order valence-corrected chi connectivity index (χ1v) is 6.09. The molecule has 0 aromatic rings. The standard InChI is InChI=1S/C12H24O2/c1-2-3-8-13-9-4-5-10-14-11-12-6-7-12/h12H,2-11H2,1H3. The van der Waals surface area contributed by atoms with Crippen LogP contribution in [0.2, 0.25) is 0 Å². The summed E-state index contributed by atoms with van der Waals surface area (Å²) in [6.45, 7) is 5.95. The fraction of sp³-hybridized carbons (Fsp3) is 1.00. The number of hydrogen-bond donors (Lipinski definition) is 0. The number of unbranched alkanes of at least 4 members (excludes halogenated alkanes) is 2. The van der Waals surface area contributed by atoms with E-state index in [1.807, 2.05) is 0 Å². The lowest BCUT2D eigenvalue weighted by Crippen LogP contribution is -2.01. The zero-order valence-corrected chi connectivity index (χ0v) is 9.46. The van der Waals surface area contributed by atoms with Crippen molar-refractivity contribution >= 4 is 0 Å². The summed E-state index contributed by atoms with van der Waals surface area (Å²) in [6.07, 6.45) is 7.50. The monoisotopic (exact) mass is 200 g/mol. The normalized spacial score (nSPS) is 16.1. The molecule has 1 aliphatic carbocycles. The second-order valence-electron chi connectivity index (χ2n) is 4.19. The smallest absolute Gasteiger partial charge is 0.0494 e. The molecule has 0 saturated heterocycles. The van der Waals surface area contributed by atoms with Crippen LogP contribution in [-0.4, -0.2) is 26.4 Å². The van der Waals surface area contributed by atoms with Crippen molar-refractivity contribution in [3.8, 4) is 0 Å². The Hall–Kier alpha value is -0.0800. The van der Waals surface area contributed by atoms with Gasteiger partial charge >= 0.3 is 0 Å². The summed E-state index contributed by atoms with van der Waals surface area (Å²) in [5, 5.41) is 0. The van der Waals surface area contributed by atoms with Crippen molar-refractivity contribution in [1.82, 2.24) is 0 Å². The second kappa shape index (κ2) is 8.25. The van der Waals surface area contributed by atoms with E-state index >= 15 is 0 Å². The Morgan fingerprint density at radius 2 is 1.57 bits per heavy atom. The lowest BCUT2D eigenvalue weighted by molar-refractivity contribution is 0.0970. The van der Waals surface area contributed by atoms with E-state index < -0.39 is 0 Å². The quantitative estimate of drug-likeness (QED) is 0.505. The van der Waals surface area contributed by atoms with Crippen molar-refractivity contribution in [3.63, 3.8) is 0 Å². The highest BCUT2D eigenvalue weighted by atomic mass is 16.5. The van der Waals surface area contributed by atoms with Gasteiger partial charge in [0, 0.05) is 26.4 Å². The van der Waals surface area contributed by atoms with Crippen molar-refractivity contribution in [3.05, 3.63) is 0 Å². The summed E-state index contributed by atoms with van der Waals surface area (Å²) in [7, 11) is 0. The zero-order valence-electron chi connectivity index (χ0n) is 9.46. The molecule has 0 N–H and O–H groups in total. The maximum Gasteiger partial charge on any atom is 0.0494 e. The molecule has 1 rings (SSSR count). The Bertz CT molecular complexity index is 121. The minimum Gasteiger partial charge on any atom is -0.381 e. The molecule has 1 fully saturated rings. The minimum absolute atomic E-state index is 0.899. The lowest BCUT2D eigenvalue weighted by atomic mass is 10.3. The second-order valence-corrected chi connectivity index (χ2v) is 4.19. The summed E-state index contributed by atoms with van der Waals surface area (Å²) in [5.74, 6) is 0.899. The molecule has 0 unspecified atom stereocenters. The summed E-state index contributed by atoms with van der Waals surface area (Å²) in [5.41, 5.74) is 0. The van der Waals surface area contributed by atoms with Gasteiger partial charge in [0.1, 0.15) is 0 Å². The first-order valence-electron chi connectivity index (χ1n) is 6.09. The largest absolute Gasteiger partial charge is 0.381 e. The SMILES string of the molecule is CCCCOCCCCOCC1CC1. The first kappa shape index (κ1) is 12.0. The van der Waals surface area contributed by atoms with Crippen LogP contribution >= 0.6 is 0 Å². The molecule has 14 heavy (non-hydrogen) atoms. The van der Waals surface area contributed by atoms with Gasteiger partial charge in [0.15, 0.2) is 0 Å². The third kappa shape index (κ3) is 7.34. The maximum absolute atomic E-state index is 5.53. The van der Waals surface area contributed by atoms with Crippen LogP contribution < -0.4 is 0 Å². The fourth-order valence-corrected chi connectivity index (χ4v) is 1.29. The molecule has 1 aliphatic rings. The third-order valence-corrected chi connectivity index (χ3v) is 2.52. The molecule has 2 heteroatoms. The predicted molar refractivity (Wildman–Crippen MR) is 58.5 cm³/mol. The van der Waals surface area contributed by atoms with Crippen LogP contribution in [0.15, 0.2) is 0 Å². The van der Waals surface area contributed by atoms with Gasteiger partial charge in [-0.15, -0.1) is 0 Å². The lowest BCUT2D eigenvalue weighted by Gasteiger charge is -2.04. The van der Waals surface area contributed by atoms with Gasteiger partial charge in [0.25, 0.3) is 0 Å². The summed E-state index contributed by atoms with van der Waals surface area (Å²) in [4.78, 5) is 0. The van der Waals surface area contributed by atoms with Crippen LogP contribution in [-0.2, 0) is 9.47 Å². The molecule has 0 bridgehead atoms. The van der Waals surface area contributed by atoms with Crippen molar-refractivity contribution in [2.24, 2.45) is 5.92 Å². The third-order valence-electron chi connectivity index (χ3n) is 2.52. The molecule has 0 aromatic heterocycles. The van der Waals surface area contributed by atoms with E-state index in [0.717, 1.165) is 45.2 Å². The average Bonchev–Trinajstić information content (AvgIpc) is 2.99. The van der Waals surface area contributed by atoms with E-state index in [4.69, 9.17) is 9.47 Å². The molecule has 84 valence electrons. The summed E-state index contributed by atoms with van der Waals surface area (Å²) < 4.78 is 11.0. The molecular weight excluding hydrogens is 176 g/mol. The maximum atomic E-state index is 5.53. The van der Waals surface area contributed by atoms with Crippen molar-refractivity contribution < 1.29 is 9.47 Å². The summed E-state index contributed by atoms with van der Waals surface area (Å²) in [6, 6.07) is 0. The Morgan fingerprint density at radius 3 is 2.21 bits per heavy atom. The van der Waals surface area contributed by atoms with Crippen molar-refractivity contribution in [2.75, 3.05) is 26.4 Å². The molecule has 0 heterocycles. The highest BCUT2D eigenvalue weighted by Gasteiger charge is 2.20. The van der Waals surface area contributed by atoms with Gasteiger partial charge in [0.2, 0.25) is 0 Å². The molecule has 2 nitrogen and oxygen atoms in total. The van der Waals surface area contributed by atoms with Gasteiger partial charge < -0.3 is 9.47 Å². The highest BCUT2D eigenvalue weighted by Crippen LogP contribution is 2.28. The van der Waals surface area contributed by atoms with E-state index in [-0.39, 0.29) is 0 Å². The Kier molecular flexibility index (Phi) is 7.06. The van der Waals surface area contributed by atoms with E-state index in [1.54, 1.807) is 0 Å². The van der Waals surface area contributed by atoms with E-state index in [1.165, 1.54) is 25.7 Å². The van der Waals surface area contributed by atoms with E-state index in [9.17, 15) is 0 Å². The molecule has 1 saturated carbocycles. The van der Waals surface area contributed by atoms with Gasteiger partial charge in [-0.05, 0) is 38.0 Å². The van der Waals surface area contributed by atoms with Crippen LogP contribution in [0.5, 0.6) is 0 Å². The number of rotatable bonds is 10. The molecular formula is C12H24O2. The first-order chi connectivity index (χ1) is 6.93. The molecule has 0 amide bonds. The van der Waals surface area contributed by atoms with Gasteiger partial charge in [-0.3, -0.25) is 0 Å². The Labute approximate surface area is 88.0 Å². The number of ether oxygens (including phenoxy) is 2. The Balaban J connectivity index is 1.63. The topological polar surface area (TPSA) is 18.5 Å². The van der Waals surface area contributed by atoms with E-state index in [0.29, 0.717) is 0 Å². The molecule has 0 aromatic carbocycles. The van der Waals surface area contributed by atoms with E-state index in [2.05, 4.69) is 6.92 Å². The van der Waals surface area contributed by atoms with Gasteiger partial charge in [-0.25, -0.2) is 0 Å². The molecule has 0 atom stereocenters. The number of hydrogen-bond acceptors (Lipinski definition) is 2. The van der Waals surface area contributed by atoms with Crippen LogP contribution in [0, 0.1) is 5.92 Å². The Morgan fingerprint density at radius 1 is 0.929 bits per heavy atom. The van der Waals surface area contributed by atoms with Gasteiger partial charge in [-0.2, -0.15) is 0 Å². The average molecular weight is 200 g/mol. The van der Waals surface area contributed by atoms with Crippen LogP contribution in [0.3, 0.4) is 0 Å². The molecule has 0 radical (unpaired) electrons. The fourth-order valence-electron chi connectivity index (χ4n) is 1.29. The minimum atomic E-state index is 0.899. The van der Waals surface area contributed by atoms with Crippen LogP contribution in [0.1, 0.15) is 45.4 Å². The molecule has 0 aliphatic heterocycles. The van der Waals surface area contributed by atoms with Gasteiger partial charge in [-0.1, -0.05) is 13.3 Å². The van der Waals surface area contributed by atoms with Crippen LogP contribution in [0.4, 0.5) is 0 Å². The zero-order chi connectivity index (χ0) is 10.1. The summed E-state index contributed by atoms with van der Waals surface area (Å²) >= 11 is 0. The predicted octanol–water partition coefficient (Wildman–Crippen LogP) is 3.01. The van der Waals surface area contributed by atoms with Crippen molar-refractivity contribution in [1.29, 1.82) is 0 Å².